The molecule has 3 aromatic heterocycles. The summed E-state index contributed by atoms with van der Waals surface area (Å²) >= 11 is 0. The lowest BCUT2D eigenvalue weighted by molar-refractivity contribution is 0.126. The van der Waals surface area contributed by atoms with E-state index in [-0.39, 0.29) is 5.82 Å². The molecule has 31 heavy (non-hydrogen) atoms. The highest BCUT2D eigenvalue weighted by Gasteiger charge is 2.16. The number of hydrogen-bond donors (Lipinski definition) is 2. The molecule has 0 bridgehead atoms. The first kappa shape index (κ1) is 21.1. The van der Waals surface area contributed by atoms with Crippen LogP contribution < -0.4 is 5.32 Å². The van der Waals surface area contributed by atoms with E-state index in [1.54, 1.807) is 31.5 Å². The van der Waals surface area contributed by atoms with Crippen molar-refractivity contribution >= 4 is 5.52 Å². The molecular weight excluding hydrogens is 393 g/mol. The van der Waals surface area contributed by atoms with Gasteiger partial charge in [-0.1, -0.05) is 12.1 Å². The molecule has 1 atom stereocenters. The number of benzene rings is 1. The van der Waals surface area contributed by atoms with Gasteiger partial charge in [-0.15, -0.1) is 0 Å². The SMILES string of the molecule is Cc1cc(-c2ncccc2-c2ccc3cnc(C(O)NCCN(C)C)n3c2)ccc1F. The van der Waals surface area contributed by atoms with E-state index in [0.717, 1.165) is 34.4 Å². The maximum absolute atomic E-state index is 13.8. The van der Waals surface area contributed by atoms with Crippen molar-refractivity contribution in [1.82, 2.24) is 24.6 Å². The molecular formula is C24H26FN5O. The summed E-state index contributed by atoms with van der Waals surface area (Å²) in [7, 11) is 3.97. The van der Waals surface area contributed by atoms with E-state index < -0.39 is 6.23 Å². The van der Waals surface area contributed by atoms with Gasteiger partial charge in [0.15, 0.2) is 12.1 Å². The molecule has 0 fully saturated rings. The maximum Gasteiger partial charge on any atom is 0.164 e. The zero-order valence-electron chi connectivity index (χ0n) is 17.9. The van der Waals surface area contributed by atoms with E-state index in [4.69, 9.17) is 0 Å². The smallest absolute Gasteiger partial charge is 0.164 e. The molecule has 0 aliphatic heterocycles. The Hall–Kier alpha value is -3.13. The molecule has 0 spiro atoms. The second-order valence-corrected chi connectivity index (χ2v) is 7.85. The summed E-state index contributed by atoms with van der Waals surface area (Å²) in [6.07, 6.45) is 4.54. The second-order valence-electron chi connectivity index (χ2n) is 7.85. The van der Waals surface area contributed by atoms with Gasteiger partial charge in [-0.2, -0.15) is 0 Å². The van der Waals surface area contributed by atoms with Gasteiger partial charge in [0.25, 0.3) is 0 Å². The van der Waals surface area contributed by atoms with Crippen molar-refractivity contribution in [3.63, 3.8) is 0 Å². The van der Waals surface area contributed by atoms with Crippen LogP contribution >= 0.6 is 0 Å². The minimum Gasteiger partial charge on any atom is -0.371 e. The normalized spacial score (nSPS) is 12.6. The fourth-order valence-corrected chi connectivity index (χ4v) is 3.55. The number of rotatable bonds is 7. The first-order valence-corrected chi connectivity index (χ1v) is 10.2. The average Bonchev–Trinajstić information content (AvgIpc) is 3.19. The monoisotopic (exact) mass is 419 g/mol. The number of nitrogens with zero attached hydrogens (tertiary/aromatic N) is 4. The Balaban J connectivity index is 1.72. The zero-order chi connectivity index (χ0) is 22.0. The summed E-state index contributed by atoms with van der Waals surface area (Å²) in [5.74, 6) is 0.292. The number of nitrogens with one attached hydrogen (secondary N) is 1. The molecule has 160 valence electrons. The van der Waals surface area contributed by atoms with Crippen LogP contribution in [0.2, 0.25) is 0 Å². The summed E-state index contributed by atoms with van der Waals surface area (Å²) in [6.45, 7) is 3.19. The van der Waals surface area contributed by atoms with Crippen LogP contribution in [0.15, 0.2) is 61.1 Å². The number of aliphatic hydroxyl groups excluding tert-OH is 1. The van der Waals surface area contributed by atoms with Crippen LogP contribution in [0.5, 0.6) is 0 Å². The number of fused-ring (bicyclic) bond motifs is 1. The minimum absolute atomic E-state index is 0.235. The van der Waals surface area contributed by atoms with Crippen LogP contribution in [0.3, 0.4) is 0 Å². The largest absolute Gasteiger partial charge is 0.371 e. The number of aryl methyl sites for hydroxylation is 1. The molecule has 1 aromatic carbocycles. The maximum atomic E-state index is 13.8. The van der Waals surface area contributed by atoms with Crippen molar-refractivity contribution in [1.29, 1.82) is 0 Å². The van der Waals surface area contributed by atoms with E-state index >= 15 is 0 Å². The van der Waals surface area contributed by atoms with Gasteiger partial charge in [0, 0.05) is 42.2 Å². The molecule has 0 aliphatic rings. The summed E-state index contributed by atoms with van der Waals surface area (Å²) in [5, 5.41) is 13.7. The molecule has 7 heteroatoms. The van der Waals surface area contributed by atoms with Gasteiger partial charge < -0.3 is 10.0 Å². The van der Waals surface area contributed by atoms with Crippen LogP contribution in [-0.4, -0.2) is 51.6 Å². The standard InChI is InChI=1S/C24H26FN5O/c1-16-13-17(7-9-21(16)25)22-20(5-4-10-26-22)18-6-8-19-14-28-23(30(19)15-18)24(31)27-11-12-29(2)3/h4-10,13-15,24,27,31H,11-12H2,1-3H3. The van der Waals surface area contributed by atoms with Crippen molar-refractivity contribution in [3.05, 3.63) is 78.3 Å². The Morgan fingerprint density at radius 1 is 1.13 bits per heavy atom. The molecule has 0 amide bonds. The van der Waals surface area contributed by atoms with Crippen molar-refractivity contribution in [2.75, 3.05) is 27.2 Å². The van der Waals surface area contributed by atoms with E-state index in [9.17, 15) is 9.50 Å². The summed E-state index contributed by atoms with van der Waals surface area (Å²) in [4.78, 5) is 11.0. The van der Waals surface area contributed by atoms with E-state index in [0.29, 0.717) is 17.9 Å². The average molecular weight is 420 g/mol. The lowest BCUT2D eigenvalue weighted by Crippen LogP contribution is -2.30. The van der Waals surface area contributed by atoms with Gasteiger partial charge in [0.1, 0.15) is 5.82 Å². The Morgan fingerprint density at radius 3 is 2.71 bits per heavy atom. The van der Waals surface area contributed by atoms with Gasteiger partial charge in [0.2, 0.25) is 0 Å². The predicted molar refractivity (Wildman–Crippen MR) is 120 cm³/mol. The molecule has 4 rings (SSSR count). The van der Waals surface area contributed by atoms with Crippen molar-refractivity contribution < 1.29 is 9.50 Å². The van der Waals surface area contributed by atoms with Crippen LogP contribution in [0.25, 0.3) is 27.9 Å². The lowest BCUT2D eigenvalue weighted by atomic mass is 9.99. The number of hydrogen-bond acceptors (Lipinski definition) is 5. The Labute approximate surface area is 181 Å². The Bertz CT molecular complexity index is 1200. The predicted octanol–water partition coefficient (Wildman–Crippen LogP) is 3.65. The first-order chi connectivity index (χ1) is 14.9. The van der Waals surface area contributed by atoms with Crippen LogP contribution in [-0.2, 0) is 0 Å². The molecule has 3 heterocycles. The topological polar surface area (TPSA) is 65.7 Å². The van der Waals surface area contributed by atoms with Gasteiger partial charge in [-0.05, 0) is 56.9 Å². The van der Waals surface area contributed by atoms with Crippen molar-refractivity contribution in [2.45, 2.75) is 13.2 Å². The third-order valence-corrected chi connectivity index (χ3v) is 5.25. The number of likely N-dealkylation sites (N-methyl/N-ethyl adjacent to an activating group) is 1. The number of pyridine rings is 2. The molecule has 4 aromatic rings. The highest BCUT2D eigenvalue weighted by atomic mass is 19.1. The number of aromatic nitrogens is 3. The zero-order valence-corrected chi connectivity index (χ0v) is 17.9. The molecule has 1 unspecified atom stereocenters. The molecule has 0 saturated carbocycles. The van der Waals surface area contributed by atoms with Gasteiger partial charge >= 0.3 is 0 Å². The lowest BCUT2D eigenvalue weighted by Gasteiger charge is -2.15. The highest BCUT2D eigenvalue weighted by Crippen LogP contribution is 2.31. The van der Waals surface area contributed by atoms with Crippen LogP contribution in [0, 0.1) is 12.7 Å². The van der Waals surface area contributed by atoms with Gasteiger partial charge in [-0.25, -0.2) is 9.37 Å². The highest BCUT2D eigenvalue weighted by molar-refractivity contribution is 5.81. The molecule has 6 nitrogen and oxygen atoms in total. The van der Waals surface area contributed by atoms with Crippen LogP contribution in [0.1, 0.15) is 17.6 Å². The first-order valence-electron chi connectivity index (χ1n) is 10.2. The molecule has 0 aliphatic carbocycles. The number of aliphatic hydroxyl groups is 1. The molecule has 0 saturated heterocycles. The number of imidazole rings is 1. The van der Waals surface area contributed by atoms with Crippen molar-refractivity contribution in [2.24, 2.45) is 0 Å². The fraction of sp³-hybridized carbons (Fsp3) is 0.250. The number of halogens is 1. The van der Waals surface area contributed by atoms with E-state index in [1.165, 1.54) is 6.07 Å². The molecule has 2 N–H and O–H groups in total. The minimum atomic E-state index is -0.884. The third kappa shape index (κ3) is 4.49. The molecule has 0 radical (unpaired) electrons. The fourth-order valence-electron chi connectivity index (χ4n) is 3.55. The second kappa shape index (κ2) is 8.93. The summed E-state index contributed by atoms with van der Waals surface area (Å²) in [5.41, 5.74) is 4.94. The van der Waals surface area contributed by atoms with Gasteiger partial charge in [-0.3, -0.25) is 14.7 Å². The van der Waals surface area contributed by atoms with Crippen LogP contribution in [0.4, 0.5) is 4.39 Å². The van der Waals surface area contributed by atoms with Crippen molar-refractivity contribution in [3.8, 4) is 22.4 Å². The summed E-state index contributed by atoms with van der Waals surface area (Å²) in [6, 6.07) is 12.9. The van der Waals surface area contributed by atoms with Gasteiger partial charge in [0.05, 0.1) is 17.4 Å². The van der Waals surface area contributed by atoms with E-state index in [1.807, 2.05) is 53.9 Å². The Morgan fingerprint density at radius 2 is 1.94 bits per heavy atom. The summed E-state index contributed by atoms with van der Waals surface area (Å²) < 4.78 is 15.7. The quantitative estimate of drug-likeness (QED) is 0.448. The Kier molecular flexibility index (Phi) is 6.08. The third-order valence-electron chi connectivity index (χ3n) is 5.25. The van der Waals surface area contributed by atoms with E-state index in [2.05, 4.69) is 15.3 Å².